The molecule has 0 atom stereocenters. The van der Waals surface area contributed by atoms with E-state index in [1.165, 1.54) is 24.3 Å². The Morgan fingerprint density at radius 1 is 1.04 bits per heavy atom. The summed E-state index contributed by atoms with van der Waals surface area (Å²) in [5.41, 5.74) is 0.695. The van der Waals surface area contributed by atoms with Crippen LogP contribution < -0.4 is 10.6 Å². The number of nitrogens with one attached hydrogen (secondary N) is 2. The van der Waals surface area contributed by atoms with Crippen LogP contribution in [0.25, 0.3) is 0 Å². The van der Waals surface area contributed by atoms with Gasteiger partial charge in [0.05, 0.1) is 16.4 Å². The van der Waals surface area contributed by atoms with Crippen LogP contribution in [0.3, 0.4) is 0 Å². The van der Waals surface area contributed by atoms with Crippen molar-refractivity contribution in [1.29, 1.82) is 0 Å². The highest BCUT2D eigenvalue weighted by atomic mass is 35.5. The molecule has 1 amide bonds. The van der Waals surface area contributed by atoms with E-state index in [0.29, 0.717) is 27.4 Å². The molecule has 0 fully saturated rings. The number of rotatable bonds is 4. The second-order valence-electron chi connectivity index (χ2n) is 5.37. The normalized spacial score (nSPS) is 10.5. The van der Waals surface area contributed by atoms with Gasteiger partial charge in [-0.2, -0.15) is 0 Å². The lowest BCUT2D eigenvalue weighted by Gasteiger charge is -2.11. The standard InChI is InChI=1S/C18H13Cl2FN4O/c1-10-22-16(18(26)25-14-5-3-2-4-13(14)21)9-17(23-10)24-15-8-11(19)6-7-12(15)20/h2-9H,1H3,(H,25,26)(H,22,23,24). The molecular formula is C18H13Cl2FN4O. The molecule has 0 bridgehead atoms. The van der Waals surface area contributed by atoms with Crippen LogP contribution in [-0.2, 0) is 0 Å². The molecule has 8 heteroatoms. The number of carbonyl (C=O) groups is 1. The monoisotopic (exact) mass is 390 g/mol. The van der Waals surface area contributed by atoms with Crippen molar-refractivity contribution in [3.8, 4) is 0 Å². The van der Waals surface area contributed by atoms with E-state index in [9.17, 15) is 9.18 Å². The Balaban J connectivity index is 1.86. The maximum atomic E-state index is 13.7. The number of anilines is 3. The van der Waals surface area contributed by atoms with Crippen LogP contribution in [-0.4, -0.2) is 15.9 Å². The molecule has 132 valence electrons. The molecule has 2 aromatic carbocycles. The summed E-state index contributed by atoms with van der Waals surface area (Å²) in [6.45, 7) is 1.64. The minimum atomic E-state index is -0.555. The number of nitrogens with zero attached hydrogens (tertiary/aromatic N) is 2. The van der Waals surface area contributed by atoms with E-state index in [2.05, 4.69) is 20.6 Å². The molecule has 0 saturated heterocycles. The van der Waals surface area contributed by atoms with Crippen molar-refractivity contribution in [2.75, 3.05) is 10.6 Å². The summed E-state index contributed by atoms with van der Waals surface area (Å²) in [5, 5.41) is 6.44. The number of carbonyl (C=O) groups excluding carboxylic acids is 1. The zero-order valence-electron chi connectivity index (χ0n) is 13.6. The predicted molar refractivity (Wildman–Crippen MR) is 101 cm³/mol. The molecule has 3 aromatic rings. The van der Waals surface area contributed by atoms with E-state index < -0.39 is 11.7 Å². The minimum absolute atomic E-state index is 0.0705. The molecular weight excluding hydrogens is 378 g/mol. The highest BCUT2D eigenvalue weighted by molar-refractivity contribution is 6.35. The lowest BCUT2D eigenvalue weighted by atomic mass is 10.2. The van der Waals surface area contributed by atoms with Gasteiger partial charge in [-0.25, -0.2) is 14.4 Å². The molecule has 0 aliphatic carbocycles. The summed E-state index contributed by atoms with van der Waals surface area (Å²) in [5.74, 6) is -0.358. The number of amides is 1. The van der Waals surface area contributed by atoms with E-state index in [0.717, 1.165) is 0 Å². The van der Waals surface area contributed by atoms with E-state index >= 15 is 0 Å². The Kier molecular flexibility index (Phi) is 5.35. The Morgan fingerprint density at radius 3 is 2.58 bits per heavy atom. The summed E-state index contributed by atoms with van der Waals surface area (Å²) in [7, 11) is 0. The van der Waals surface area contributed by atoms with Crippen LogP contribution >= 0.6 is 23.2 Å². The van der Waals surface area contributed by atoms with Crippen molar-refractivity contribution in [3.05, 3.63) is 75.9 Å². The quantitative estimate of drug-likeness (QED) is 0.640. The topological polar surface area (TPSA) is 66.9 Å². The second-order valence-corrected chi connectivity index (χ2v) is 6.21. The summed E-state index contributed by atoms with van der Waals surface area (Å²) < 4.78 is 13.7. The Hall–Kier alpha value is -2.70. The van der Waals surface area contributed by atoms with E-state index in [1.807, 2.05) is 0 Å². The van der Waals surface area contributed by atoms with E-state index in [1.54, 1.807) is 31.2 Å². The fraction of sp³-hybridized carbons (Fsp3) is 0.0556. The van der Waals surface area contributed by atoms with Gasteiger partial charge in [0.1, 0.15) is 23.2 Å². The van der Waals surface area contributed by atoms with Gasteiger partial charge in [0.15, 0.2) is 0 Å². The zero-order valence-corrected chi connectivity index (χ0v) is 15.1. The lowest BCUT2D eigenvalue weighted by Crippen LogP contribution is -2.16. The Labute approximate surface area is 159 Å². The van der Waals surface area contributed by atoms with Crippen LogP contribution in [0.5, 0.6) is 0 Å². The fourth-order valence-corrected chi connectivity index (χ4v) is 2.57. The second kappa shape index (κ2) is 7.68. The van der Waals surface area contributed by atoms with E-state index in [4.69, 9.17) is 23.2 Å². The summed E-state index contributed by atoms with van der Waals surface area (Å²) in [6.07, 6.45) is 0. The van der Waals surface area contributed by atoms with Crippen molar-refractivity contribution in [3.63, 3.8) is 0 Å². The van der Waals surface area contributed by atoms with Gasteiger partial charge < -0.3 is 10.6 Å². The van der Waals surface area contributed by atoms with Crippen molar-refractivity contribution < 1.29 is 9.18 Å². The molecule has 0 aliphatic heterocycles. The SMILES string of the molecule is Cc1nc(Nc2cc(Cl)ccc2Cl)cc(C(=O)Nc2ccccc2F)n1. The largest absolute Gasteiger partial charge is 0.339 e. The van der Waals surface area contributed by atoms with Crippen LogP contribution in [0.1, 0.15) is 16.3 Å². The molecule has 0 saturated carbocycles. The third-order valence-electron chi connectivity index (χ3n) is 3.38. The molecule has 1 heterocycles. The van der Waals surface area contributed by atoms with Crippen LogP contribution in [0.2, 0.25) is 10.0 Å². The van der Waals surface area contributed by atoms with Gasteiger partial charge in [0.25, 0.3) is 5.91 Å². The lowest BCUT2D eigenvalue weighted by molar-refractivity contribution is 0.102. The predicted octanol–water partition coefficient (Wildman–Crippen LogP) is 5.23. The molecule has 0 unspecified atom stereocenters. The number of aromatic nitrogens is 2. The third-order valence-corrected chi connectivity index (χ3v) is 3.95. The fourth-order valence-electron chi connectivity index (χ4n) is 2.23. The zero-order chi connectivity index (χ0) is 18.7. The highest BCUT2D eigenvalue weighted by Gasteiger charge is 2.13. The first kappa shape index (κ1) is 18.1. The smallest absolute Gasteiger partial charge is 0.274 e. The first-order chi connectivity index (χ1) is 12.4. The maximum absolute atomic E-state index is 13.7. The first-order valence-electron chi connectivity index (χ1n) is 7.56. The van der Waals surface area contributed by atoms with Gasteiger partial charge in [-0.3, -0.25) is 4.79 Å². The molecule has 0 radical (unpaired) electrons. The number of hydrogen-bond donors (Lipinski definition) is 2. The molecule has 5 nitrogen and oxygen atoms in total. The van der Waals surface area contributed by atoms with Crippen molar-refractivity contribution in [2.45, 2.75) is 6.92 Å². The summed E-state index contributed by atoms with van der Waals surface area (Å²) >= 11 is 12.1. The van der Waals surface area contributed by atoms with Crippen LogP contribution in [0.4, 0.5) is 21.6 Å². The van der Waals surface area contributed by atoms with Gasteiger partial charge >= 0.3 is 0 Å². The summed E-state index contributed by atoms with van der Waals surface area (Å²) in [6, 6.07) is 12.3. The van der Waals surface area contributed by atoms with Gasteiger partial charge in [0.2, 0.25) is 0 Å². The van der Waals surface area contributed by atoms with Crippen LogP contribution in [0.15, 0.2) is 48.5 Å². The minimum Gasteiger partial charge on any atom is -0.339 e. The number of aryl methyl sites for hydroxylation is 1. The van der Waals surface area contributed by atoms with Crippen LogP contribution in [0, 0.1) is 12.7 Å². The Morgan fingerprint density at radius 2 is 1.81 bits per heavy atom. The van der Waals surface area contributed by atoms with Crippen molar-refractivity contribution >= 4 is 46.3 Å². The highest BCUT2D eigenvalue weighted by Crippen LogP contribution is 2.28. The molecule has 0 aliphatic rings. The molecule has 2 N–H and O–H groups in total. The molecule has 3 rings (SSSR count). The number of halogens is 3. The number of para-hydroxylation sites is 1. The van der Waals surface area contributed by atoms with Crippen molar-refractivity contribution in [1.82, 2.24) is 9.97 Å². The summed E-state index contributed by atoms with van der Waals surface area (Å²) in [4.78, 5) is 20.7. The van der Waals surface area contributed by atoms with Gasteiger partial charge in [0, 0.05) is 11.1 Å². The maximum Gasteiger partial charge on any atom is 0.274 e. The number of benzene rings is 2. The van der Waals surface area contributed by atoms with Crippen molar-refractivity contribution in [2.24, 2.45) is 0 Å². The van der Waals surface area contributed by atoms with Gasteiger partial charge in [-0.05, 0) is 37.3 Å². The molecule has 26 heavy (non-hydrogen) atoms. The molecule has 0 spiro atoms. The van der Waals surface area contributed by atoms with Gasteiger partial charge in [-0.1, -0.05) is 35.3 Å². The van der Waals surface area contributed by atoms with Gasteiger partial charge in [-0.15, -0.1) is 0 Å². The first-order valence-corrected chi connectivity index (χ1v) is 8.31. The van der Waals surface area contributed by atoms with E-state index in [-0.39, 0.29) is 11.4 Å². The Bertz CT molecular complexity index is 981. The molecule has 1 aromatic heterocycles. The average Bonchev–Trinajstić information content (AvgIpc) is 2.59. The number of hydrogen-bond acceptors (Lipinski definition) is 4. The third kappa shape index (κ3) is 4.28. The average molecular weight is 391 g/mol.